The third-order valence-corrected chi connectivity index (χ3v) is 3.40. The third kappa shape index (κ3) is 4.82. The molecule has 1 aromatic carbocycles. The molecule has 19 heavy (non-hydrogen) atoms. The summed E-state index contributed by atoms with van der Waals surface area (Å²) in [5.74, 6) is 0. The van der Waals surface area contributed by atoms with Crippen molar-refractivity contribution in [1.29, 1.82) is 0 Å². The number of anilines is 1. The number of nitrogens with zero attached hydrogens (tertiary/aromatic N) is 1. The van der Waals surface area contributed by atoms with Crippen LogP contribution in [-0.4, -0.2) is 44.6 Å². The van der Waals surface area contributed by atoms with Crippen molar-refractivity contribution < 1.29 is 9.84 Å². The van der Waals surface area contributed by atoms with Crippen LogP contribution in [0.2, 0.25) is 0 Å². The summed E-state index contributed by atoms with van der Waals surface area (Å²) in [5, 5.41) is 11.9. The van der Waals surface area contributed by atoms with Gasteiger partial charge in [0.1, 0.15) is 0 Å². The van der Waals surface area contributed by atoms with Crippen molar-refractivity contribution in [2.24, 2.45) is 0 Å². The third-order valence-electron chi connectivity index (χ3n) is 3.40. The Balaban J connectivity index is 1.67. The highest BCUT2D eigenvalue weighted by molar-refractivity contribution is 5.48. The predicted octanol–water partition coefficient (Wildman–Crippen LogP) is 1.39. The number of hydrogen-bond donors (Lipinski definition) is 2. The summed E-state index contributed by atoms with van der Waals surface area (Å²) in [6, 6.07) is 8.81. The fraction of sp³-hybridized carbons (Fsp3) is 0.600. The van der Waals surface area contributed by atoms with Gasteiger partial charge in [-0.1, -0.05) is 12.1 Å². The zero-order valence-electron chi connectivity index (χ0n) is 11.5. The van der Waals surface area contributed by atoms with E-state index in [1.54, 1.807) is 0 Å². The molecule has 1 saturated heterocycles. The molecule has 0 atom stereocenters. The highest BCUT2D eigenvalue weighted by Gasteiger charge is 2.11. The van der Waals surface area contributed by atoms with Gasteiger partial charge in [-0.2, -0.15) is 0 Å². The molecular weight excluding hydrogens is 240 g/mol. The molecule has 4 nitrogen and oxygen atoms in total. The van der Waals surface area contributed by atoms with Crippen LogP contribution in [0.15, 0.2) is 24.3 Å². The molecule has 1 heterocycles. The van der Waals surface area contributed by atoms with Crippen LogP contribution in [0.4, 0.5) is 5.69 Å². The fourth-order valence-corrected chi connectivity index (χ4v) is 2.34. The standard InChI is InChI=1S/C15H24N2O2/c18-10-12-19-11-7-16-13-14-3-5-15(6-4-14)17-8-1-2-9-17/h3-6,16,18H,1-2,7-13H2. The quantitative estimate of drug-likeness (QED) is 0.696. The molecule has 4 heteroatoms. The van der Waals surface area contributed by atoms with Crippen molar-refractivity contribution in [3.8, 4) is 0 Å². The van der Waals surface area contributed by atoms with E-state index in [-0.39, 0.29) is 6.61 Å². The first-order valence-electron chi connectivity index (χ1n) is 7.13. The first-order chi connectivity index (χ1) is 9.40. The molecule has 2 rings (SSSR count). The van der Waals surface area contributed by atoms with Crippen LogP contribution >= 0.6 is 0 Å². The number of rotatable bonds is 8. The number of hydrogen-bond acceptors (Lipinski definition) is 4. The van der Waals surface area contributed by atoms with Crippen LogP contribution in [0.25, 0.3) is 0 Å². The molecule has 0 saturated carbocycles. The van der Waals surface area contributed by atoms with Gasteiger partial charge in [0.05, 0.1) is 19.8 Å². The van der Waals surface area contributed by atoms with E-state index in [0.29, 0.717) is 13.2 Å². The van der Waals surface area contributed by atoms with E-state index in [2.05, 4.69) is 34.5 Å². The molecule has 1 aliphatic heterocycles. The summed E-state index contributed by atoms with van der Waals surface area (Å²) in [4.78, 5) is 2.44. The van der Waals surface area contributed by atoms with E-state index < -0.39 is 0 Å². The highest BCUT2D eigenvalue weighted by atomic mass is 16.5. The van der Waals surface area contributed by atoms with Gasteiger partial charge in [0.2, 0.25) is 0 Å². The van der Waals surface area contributed by atoms with Crippen LogP contribution in [0, 0.1) is 0 Å². The first-order valence-corrected chi connectivity index (χ1v) is 7.13. The van der Waals surface area contributed by atoms with Gasteiger partial charge in [0, 0.05) is 31.9 Å². The van der Waals surface area contributed by atoms with Gasteiger partial charge in [0.15, 0.2) is 0 Å². The largest absolute Gasteiger partial charge is 0.394 e. The Hall–Kier alpha value is -1.10. The van der Waals surface area contributed by atoms with Gasteiger partial charge in [0.25, 0.3) is 0 Å². The van der Waals surface area contributed by atoms with E-state index in [1.165, 1.54) is 37.2 Å². The number of aliphatic hydroxyl groups is 1. The van der Waals surface area contributed by atoms with Gasteiger partial charge in [-0.3, -0.25) is 0 Å². The Bertz CT molecular complexity index is 348. The number of aliphatic hydroxyl groups excluding tert-OH is 1. The van der Waals surface area contributed by atoms with Crippen molar-refractivity contribution in [3.63, 3.8) is 0 Å². The van der Waals surface area contributed by atoms with E-state index >= 15 is 0 Å². The lowest BCUT2D eigenvalue weighted by molar-refractivity contribution is 0.0938. The summed E-state index contributed by atoms with van der Waals surface area (Å²) in [6.45, 7) is 5.23. The molecular formula is C15H24N2O2. The second-order valence-electron chi connectivity index (χ2n) is 4.87. The molecule has 0 amide bonds. The number of ether oxygens (including phenoxy) is 1. The average Bonchev–Trinajstić information content (AvgIpc) is 2.97. The smallest absolute Gasteiger partial charge is 0.0698 e. The number of benzene rings is 1. The molecule has 106 valence electrons. The molecule has 0 unspecified atom stereocenters. The molecule has 1 aromatic rings. The van der Waals surface area contributed by atoms with Crippen molar-refractivity contribution in [2.45, 2.75) is 19.4 Å². The molecule has 1 aliphatic rings. The maximum Gasteiger partial charge on any atom is 0.0698 e. The molecule has 0 aromatic heterocycles. The molecule has 0 bridgehead atoms. The topological polar surface area (TPSA) is 44.7 Å². The van der Waals surface area contributed by atoms with Crippen LogP contribution in [0.5, 0.6) is 0 Å². The zero-order chi connectivity index (χ0) is 13.3. The van der Waals surface area contributed by atoms with Crippen molar-refractivity contribution in [3.05, 3.63) is 29.8 Å². The van der Waals surface area contributed by atoms with E-state index in [1.807, 2.05) is 0 Å². The van der Waals surface area contributed by atoms with Crippen LogP contribution < -0.4 is 10.2 Å². The second kappa shape index (κ2) is 8.15. The van der Waals surface area contributed by atoms with Gasteiger partial charge >= 0.3 is 0 Å². The van der Waals surface area contributed by atoms with Gasteiger partial charge < -0.3 is 20.1 Å². The lowest BCUT2D eigenvalue weighted by Crippen LogP contribution is -2.20. The molecule has 2 N–H and O–H groups in total. The molecule has 1 fully saturated rings. The molecule has 0 aliphatic carbocycles. The number of nitrogens with one attached hydrogen (secondary N) is 1. The normalized spacial score (nSPS) is 15.1. The lowest BCUT2D eigenvalue weighted by Gasteiger charge is -2.17. The van der Waals surface area contributed by atoms with Crippen LogP contribution in [0.3, 0.4) is 0 Å². The summed E-state index contributed by atoms with van der Waals surface area (Å²) in [7, 11) is 0. The van der Waals surface area contributed by atoms with Gasteiger partial charge in [-0.25, -0.2) is 0 Å². The predicted molar refractivity (Wildman–Crippen MR) is 77.5 cm³/mol. The van der Waals surface area contributed by atoms with Crippen molar-refractivity contribution >= 4 is 5.69 Å². The zero-order valence-corrected chi connectivity index (χ0v) is 11.5. The highest BCUT2D eigenvalue weighted by Crippen LogP contribution is 2.20. The van der Waals surface area contributed by atoms with E-state index in [0.717, 1.165) is 13.1 Å². The monoisotopic (exact) mass is 264 g/mol. The Morgan fingerprint density at radius 1 is 1.11 bits per heavy atom. The molecule has 0 spiro atoms. The Kier molecular flexibility index (Phi) is 6.14. The molecule has 0 radical (unpaired) electrons. The summed E-state index contributed by atoms with van der Waals surface area (Å²) in [5.41, 5.74) is 2.64. The second-order valence-corrected chi connectivity index (χ2v) is 4.87. The first kappa shape index (κ1) is 14.3. The maximum atomic E-state index is 8.57. The maximum absolute atomic E-state index is 8.57. The summed E-state index contributed by atoms with van der Waals surface area (Å²) >= 11 is 0. The fourth-order valence-electron chi connectivity index (χ4n) is 2.34. The van der Waals surface area contributed by atoms with Crippen molar-refractivity contribution in [2.75, 3.05) is 44.4 Å². The average molecular weight is 264 g/mol. The minimum atomic E-state index is 0.0952. The minimum absolute atomic E-state index is 0.0952. The Morgan fingerprint density at radius 2 is 1.84 bits per heavy atom. The van der Waals surface area contributed by atoms with E-state index in [4.69, 9.17) is 9.84 Å². The Labute approximate surface area is 115 Å². The summed E-state index contributed by atoms with van der Waals surface area (Å²) in [6.07, 6.45) is 2.63. The van der Waals surface area contributed by atoms with Crippen LogP contribution in [-0.2, 0) is 11.3 Å². The van der Waals surface area contributed by atoms with Crippen LogP contribution in [0.1, 0.15) is 18.4 Å². The minimum Gasteiger partial charge on any atom is -0.394 e. The van der Waals surface area contributed by atoms with Gasteiger partial charge in [-0.05, 0) is 30.5 Å². The SMILES string of the molecule is OCCOCCNCc1ccc(N2CCCC2)cc1. The Morgan fingerprint density at radius 3 is 2.53 bits per heavy atom. The lowest BCUT2D eigenvalue weighted by atomic mass is 10.2. The summed E-state index contributed by atoms with van der Waals surface area (Å²) < 4.78 is 5.19. The van der Waals surface area contributed by atoms with E-state index in [9.17, 15) is 0 Å². The van der Waals surface area contributed by atoms with Gasteiger partial charge in [-0.15, -0.1) is 0 Å². The van der Waals surface area contributed by atoms with Crippen molar-refractivity contribution in [1.82, 2.24) is 5.32 Å².